The molecule has 1 aliphatic heterocycles. The SMILES string of the molecule is Cc1ccc(C(=O)C[n+]2cc(-c3ccc(Cl)cc3)n3c2CCC3)cc1C. The van der Waals surface area contributed by atoms with Crippen molar-refractivity contribution >= 4 is 17.4 Å². The Morgan fingerprint density at radius 3 is 2.62 bits per heavy atom. The second-order valence-electron chi connectivity index (χ2n) is 7.04. The van der Waals surface area contributed by atoms with Gasteiger partial charge < -0.3 is 0 Å². The molecule has 0 bridgehead atoms. The van der Waals surface area contributed by atoms with E-state index in [1.165, 1.54) is 11.4 Å². The summed E-state index contributed by atoms with van der Waals surface area (Å²) in [6.45, 7) is 5.49. The van der Waals surface area contributed by atoms with Crippen LogP contribution >= 0.6 is 11.6 Å². The fraction of sp³-hybridized carbons (Fsp3) is 0.273. The van der Waals surface area contributed by atoms with Crippen molar-refractivity contribution in [3.63, 3.8) is 0 Å². The van der Waals surface area contributed by atoms with Gasteiger partial charge in [-0.15, -0.1) is 0 Å². The highest BCUT2D eigenvalue weighted by Gasteiger charge is 2.29. The van der Waals surface area contributed by atoms with Crippen molar-refractivity contribution in [2.45, 2.75) is 39.8 Å². The molecule has 0 amide bonds. The summed E-state index contributed by atoms with van der Waals surface area (Å²) in [5, 5.41) is 0.736. The van der Waals surface area contributed by atoms with Crippen molar-refractivity contribution < 1.29 is 9.36 Å². The maximum atomic E-state index is 12.8. The topological polar surface area (TPSA) is 25.9 Å². The monoisotopic (exact) mass is 365 g/mol. The van der Waals surface area contributed by atoms with E-state index in [2.05, 4.69) is 22.3 Å². The Labute approximate surface area is 158 Å². The predicted molar refractivity (Wildman–Crippen MR) is 104 cm³/mol. The smallest absolute Gasteiger partial charge is 0.257 e. The van der Waals surface area contributed by atoms with Gasteiger partial charge in [-0.3, -0.25) is 4.79 Å². The third-order valence-corrected chi connectivity index (χ3v) is 5.53. The van der Waals surface area contributed by atoms with Gasteiger partial charge in [0, 0.05) is 16.1 Å². The van der Waals surface area contributed by atoms with Crippen LogP contribution in [0.1, 0.15) is 33.7 Å². The number of halogens is 1. The van der Waals surface area contributed by atoms with Crippen molar-refractivity contribution in [2.75, 3.05) is 0 Å². The van der Waals surface area contributed by atoms with E-state index in [0.717, 1.165) is 46.8 Å². The molecule has 1 aromatic heterocycles. The Morgan fingerprint density at radius 1 is 1.12 bits per heavy atom. The van der Waals surface area contributed by atoms with Crippen LogP contribution in [0.3, 0.4) is 0 Å². The molecule has 3 aromatic rings. The highest BCUT2D eigenvalue weighted by Crippen LogP contribution is 2.26. The van der Waals surface area contributed by atoms with Crippen LogP contribution in [-0.2, 0) is 19.5 Å². The predicted octanol–water partition coefficient (Wildman–Crippen LogP) is 4.54. The van der Waals surface area contributed by atoms with E-state index in [9.17, 15) is 4.79 Å². The molecule has 0 saturated carbocycles. The lowest BCUT2D eigenvalue weighted by molar-refractivity contribution is -0.689. The van der Waals surface area contributed by atoms with E-state index in [1.807, 2.05) is 49.4 Å². The van der Waals surface area contributed by atoms with Gasteiger partial charge in [0.2, 0.25) is 5.78 Å². The van der Waals surface area contributed by atoms with Gasteiger partial charge >= 0.3 is 0 Å². The van der Waals surface area contributed by atoms with Gasteiger partial charge in [-0.2, -0.15) is 0 Å². The van der Waals surface area contributed by atoms with Gasteiger partial charge in [-0.25, -0.2) is 9.13 Å². The molecule has 0 saturated heterocycles. The summed E-state index contributed by atoms with van der Waals surface area (Å²) in [4.78, 5) is 12.8. The number of aryl methyl sites for hydroxylation is 2. The van der Waals surface area contributed by atoms with Gasteiger partial charge in [-0.1, -0.05) is 23.7 Å². The molecule has 132 valence electrons. The number of carbonyl (C=O) groups is 1. The molecule has 4 rings (SSSR count). The molecule has 0 unspecified atom stereocenters. The molecule has 26 heavy (non-hydrogen) atoms. The Morgan fingerprint density at radius 2 is 1.88 bits per heavy atom. The normalized spacial score (nSPS) is 13.0. The van der Waals surface area contributed by atoms with Crippen molar-refractivity contribution in [1.82, 2.24) is 4.57 Å². The van der Waals surface area contributed by atoms with Crippen molar-refractivity contribution in [1.29, 1.82) is 0 Å². The minimum atomic E-state index is 0.154. The second kappa shape index (κ2) is 6.73. The lowest BCUT2D eigenvalue weighted by Gasteiger charge is -2.04. The van der Waals surface area contributed by atoms with Crippen LogP contribution in [0.25, 0.3) is 11.3 Å². The quantitative estimate of drug-likeness (QED) is 0.492. The number of nitrogens with zero attached hydrogens (tertiary/aromatic N) is 2. The van der Waals surface area contributed by atoms with Crippen LogP contribution in [-0.4, -0.2) is 10.4 Å². The Bertz CT molecular complexity index is 986. The average molecular weight is 366 g/mol. The average Bonchev–Trinajstić information content (AvgIpc) is 3.22. The molecular formula is C22H22ClN2O+. The molecule has 1 aliphatic rings. The number of Topliss-reactive ketones (excluding diaryl/α,β-unsaturated/α-hetero) is 1. The zero-order valence-corrected chi connectivity index (χ0v) is 15.9. The third kappa shape index (κ3) is 3.08. The number of rotatable bonds is 4. The van der Waals surface area contributed by atoms with Crippen LogP contribution in [0, 0.1) is 13.8 Å². The van der Waals surface area contributed by atoms with Crippen LogP contribution < -0.4 is 4.57 Å². The molecule has 3 nitrogen and oxygen atoms in total. The van der Waals surface area contributed by atoms with E-state index in [4.69, 9.17) is 11.6 Å². The molecule has 0 spiro atoms. The molecule has 0 N–H and O–H groups in total. The summed E-state index contributed by atoms with van der Waals surface area (Å²) in [5.74, 6) is 1.38. The van der Waals surface area contributed by atoms with E-state index in [1.54, 1.807) is 0 Å². The molecule has 4 heteroatoms. The Hall–Kier alpha value is -2.39. The molecule has 0 aliphatic carbocycles. The summed E-state index contributed by atoms with van der Waals surface area (Å²) in [6, 6.07) is 13.9. The van der Waals surface area contributed by atoms with Gasteiger partial charge in [-0.05, 0) is 61.7 Å². The maximum Gasteiger partial charge on any atom is 0.257 e. The van der Waals surface area contributed by atoms with Crippen LogP contribution in [0.5, 0.6) is 0 Å². The molecule has 0 radical (unpaired) electrons. The van der Waals surface area contributed by atoms with Gasteiger partial charge in [0.25, 0.3) is 5.82 Å². The first-order valence-electron chi connectivity index (χ1n) is 9.01. The second-order valence-corrected chi connectivity index (χ2v) is 7.48. The van der Waals surface area contributed by atoms with Gasteiger partial charge in [0.15, 0.2) is 12.2 Å². The minimum Gasteiger partial charge on any atom is -0.290 e. The summed E-state index contributed by atoms with van der Waals surface area (Å²) >= 11 is 6.03. The summed E-state index contributed by atoms with van der Waals surface area (Å²) in [6.07, 6.45) is 4.24. The largest absolute Gasteiger partial charge is 0.290 e. The standard InChI is InChI=1S/C22H22ClN2O/c1-15-5-6-18(12-16(15)2)21(26)14-24-13-20(25-11-3-4-22(24)25)17-7-9-19(23)10-8-17/h5-10,12-13H,3-4,11,14H2,1-2H3/q+1. The maximum absolute atomic E-state index is 12.8. The van der Waals surface area contributed by atoms with E-state index >= 15 is 0 Å². The number of imidazole rings is 1. The zero-order chi connectivity index (χ0) is 18.3. The van der Waals surface area contributed by atoms with Gasteiger partial charge in [0.05, 0.1) is 13.0 Å². The van der Waals surface area contributed by atoms with Crippen LogP contribution in [0.15, 0.2) is 48.7 Å². The summed E-state index contributed by atoms with van der Waals surface area (Å²) in [5.41, 5.74) is 5.44. The lowest BCUT2D eigenvalue weighted by atomic mass is 10.0. The first kappa shape index (κ1) is 17.0. The van der Waals surface area contributed by atoms with Crippen molar-refractivity contribution in [3.05, 3.63) is 76.2 Å². The summed E-state index contributed by atoms with van der Waals surface area (Å²) < 4.78 is 4.45. The number of ketones is 1. The van der Waals surface area contributed by atoms with Gasteiger partial charge in [0.1, 0.15) is 6.20 Å². The number of fused-ring (bicyclic) bond motifs is 1. The highest BCUT2D eigenvalue weighted by molar-refractivity contribution is 6.30. The highest BCUT2D eigenvalue weighted by atomic mass is 35.5. The zero-order valence-electron chi connectivity index (χ0n) is 15.1. The number of hydrogen-bond donors (Lipinski definition) is 0. The van der Waals surface area contributed by atoms with Crippen molar-refractivity contribution in [3.8, 4) is 11.3 Å². The Kier molecular flexibility index (Phi) is 4.41. The third-order valence-electron chi connectivity index (χ3n) is 5.28. The first-order valence-corrected chi connectivity index (χ1v) is 9.39. The summed E-state index contributed by atoms with van der Waals surface area (Å²) in [7, 11) is 0. The number of carbonyl (C=O) groups excluding carboxylic acids is 1. The van der Waals surface area contributed by atoms with Crippen molar-refractivity contribution in [2.24, 2.45) is 0 Å². The van der Waals surface area contributed by atoms with Crippen LogP contribution in [0.2, 0.25) is 5.02 Å². The number of aromatic nitrogens is 2. The molecule has 0 atom stereocenters. The van der Waals surface area contributed by atoms with E-state index in [-0.39, 0.29) is 5.78 Å². The molecule has 0 fully saturated rings. The fourth-order valence-corrected chi connectivity index (χ4v) is 3.78. The minimum absolute atomic E-state index is 0.154. The fourth-order valence-electron chi connectivity index (χ4n) is 3.66. The molecule has 2 heterocycles. The van der Waals surface area contributed by atoms with Crippen LogP contribution in [0.4, 0.5) is 0 Å². The van der Waals surface area contributed by atoms with E-state index < -0.39 is 0 Å². The lowest BCUT2D eigenvalue weighted by Crippen LogP contribution is -2.40. The molecular weight excluding hydrogens is 344 g/mol. The first-order chi connectivity index (χ1) is 12.5. The molecule has 2 aromatic carbocycles. The number of hydrogen-bond acceptors (Lipinski definition) is 1. The van der Waals surface area contributed by atoms with E-state index in [0.29, 0.717) is 6.54 Å². The Balaban J connectivity index is 1.67. The number of benzene rings is 2.